The second-order valence-electron chi connectivity index (χ2n) is 5.66. The maximum Gasteiger partial charge on any atom is 0.259 e. The van der Waals surface area contributed by atoms with E-state index in [-0.39, 0.29) is 11.8 Å². The second kappa shape index (κ2) is 6.36. The number of aromatic nitrogens is 3. The third kappa shape index (κ3) is 3.04. The molecule has 0 bridgehead atoms. The van der Waals surface area contributed by atoms with Gasteiger partial charge in [-0.2, -0.15) is 4.98 Å². The van der Waals surface area contributed by atoms with Crippen LogP contribution in [0.2, 0.25) is 0 Å². The van der Waals surface area contributed by atoms with E-state index in [4.69, 9.17) is 9.26 Å². The molecule has 1 saturated heterocycles. The van der Waals surface area contributed by atoms with Gasteiger partial charge in [0.1, 0.15) is 5.56 Å². The van der Waals surface area contributed by atoms with Gasteiger partial charge in [-0.25, -0.2) is 4.98 Å². The monoisotopic (exact) mass is 316 g/mol. The Kier molecular flexibility index (Phi) is 4.27. The molecule has 3 heterocycles. The van der Waals surface area contributed by atoms with Crippen LogP contribution in [0.4, 0.5) is 0 Å². The summed E-state index contributed by atoms with van der Waals surface area (Å²) in [6.07, 6.45) is 2.47. The SMILES string of the molecule is CCOc1nccc(C)c1C(=O)N1CCC(c2nc(C)no2)C1. The third-order valence-corrected chi connectivity index (χ3v) is 3.99. The first-order valence-corrected chi connectivity index (χ1v) is 7.78. The van der Waals surface area contributed by atoms with Crippen molar-refractivity contribution < 1.29 is 14.1 Å². The van der Waals surface area contributed by atoms with Gasteiger partial charge in [0.25, 0.3) is 5.91 Å². The molecule has 1 amide bonds. The molecule has 1 atom stereocenters. The molecule has 23 heavy (non-hydrogen) atoms. The van der Waals surface area contributed by atoms with E-state index in [9.17, 15) is 4.79 Å². The molecule has 1 fully saturated rings. The summed E-state index contributed by atoms with van der Waals surface area (Å²) >= 11 is 0. The van der Waals surface area contributed by atoms with Crippen LogP contribution >= 0.6 is 0 Å². The molecular formula is C16H20N4O3. The quantitative estimate of drug-likeness (QED) is 0.859. The minimum Gasteiger partial charge on any atom is -0.477 e. The van der Waals surface area contributed by atoms with Gasteiger partial charge in [0.15, 0.2) is 5.82 Å². The van der Waals surface area contributed by atoms with Crippen LogP contribution in [0.25, 0.3) is 0 Å². The van der Waals surface area contributed by atoms with E-state index in [0.717, 1.165) is 12.0 Å². The number of carbonyl (C=O) groups excluding carboxylic acids is 1. The van der Waals surface area contributed by atoms with E-state index < -0.39 is 0 Å². The average Bonchev–Trinajstić information content (AvgIpc) is 3.16. The fourth-order valence-electron chi connectivity index (χ4n) is 2.82. The summed E-state index contributed by atoms with van der Waals surface area (Å²) in [5.41, 5.74) is 1.40. The summed E-state index contributed by atoms with van der Waals surface area (Å²) in [5, 5.41) is 3.82. The maximum absolute atomic E-state index is 12.9. The van der Waals surface area contributed by atoms with Gasteiger partial charge in [0, 0.05) is 19.3 Å². The van der Waals surface area contributed by atoms with E-state index >= 15 is 0 Å². The minimum absolute atomic E-state index is 0.0576. The smallest absolute Gasteiger partial charge is 0.259 e. The van der Waals surface area contributed by atoms with Crippen molar-refractivity contribution in [3.63, 3.8) is 0 Å². The number of hydrogen-bond donors (Lipinski definition) is 0. The molecule has 2 aromatic rings. The van der Waals surface area contributed by atoms with Crippen molar-refractivity contribution in [2.45, 2.75) is 33.1 Å². The number of ether oxygens (including phenoxy) is 1. The Bertz CT molecular complexity index is 713. The van der Waals surface area contributed by atoms with Gasteiger partial charge in [0.05, 0.1) is 12.5 Å². The summed E-state index contributed by atoms with van der Waals surface area (Å²) < 4.78 is 10.7. The first-order chi connectivity index (χ1) is 11.1. The van der Waals surface area contributed by atoms with Crippen molar-refractivity contribution in [2.24, 2.45) is 0 Å². The van der Waals surface area contributed by atoms with Gasteiger partial charge in [-0.1, -0.05) is 5.16 Å². The molecule has 1 aliphatic rings. The fourth-order valence-corrected chi connectivity index (χ4v) is 2.82. The van der Waals surface area contributed by atoms with Crippen LogP contribution in [0.1, 0.15) is 46.9 Å². The van der Waals surface area contributed by atoms with Crippen LogP contribution in [-0.4, -0.2) is 45.6 Å². The lowest BCUT2D eigenvalue weighted by Gasteiger charge is -2.19. The molecule has 3 rings (SSSR count). The van der Waals surface area contributed by atoms with Crippen molar-refractivity contribution in [1.82, 2.24) is 20.0 Å². The second-order valence-corrected chi connectivity index (χ2v) is 5.66. The van der Waals surface area contributed by atoms with Crippen molar-refractivity contribution in [2.75, 3.05) is 19.7 Å². The highest BCUT2D eigenvalue weighted by atomic mass is 16.5. The zero-order chi connectivity index (χ0) is 16.4. The van der Waals surface area contributed by atoms with Gasteiger partial charge in [-0.3, -0.25) is 4.79 Å². The topological polar surface area (TPSA) is 81.4 Å². The molecule has 0 radical (unpaired) electrons. The highest BCUT2D eigenvalue weighted by Gasteiger charge is 2.33. The summed E-state index contributed by atoms with van der Waals surface area (Å²) in [6, 6.07) is 1.82. The number of nitrogens with zero attached hydrogens (tertiary/aromatic N) is 4. The number of amides is 1. The number of rotatable bonds is 4. The minimum atomic E-state index is -0.0576. The Labute approximate surface area is 134 Å². The van der Waals surface area contributed by atoms with Crippen LogP contribution in [0.3, 0.4) is 0 Å². The Morgan fingerprint density at radius 3 is 3.00 bits per heavy atom. The number of pyridine rings is 1. The lowest BCUT2D eigenvalue weighted by Crippen LogP contribution is -2.29. The molecule has 1 unspecified atom stereocenters. The lowest BCUT2D eigenvalue weighted by molar-refractivity contribution is 0.0783. The van der Waals surface area contributed by atoms with Gasteiger partial charge in [-0.05, 0) is 38.8 Å². The Hall–Kier alpha value is -2.44. The molecule has 122 valence electrons. The van der Waals surface area contributed by atoms with Crippen LogP contribution < -0.4 is 4.74 Å². The van der Waals surface area contributed by atoms with Gasteiger partial charge in [0.2, 0.25) is 11.8 Å². The van der Waals surface area contributed by atoms with Crippen molar-refractivity contribution in [3.8, 4) is 5.88 Å². The van der Waals surface area contributed by atoms with Crippen molar-refractivity contribution >= 4 is 5.91 Å². The van der Waals surface area contributed by atoms with Crippen molar-refractivity contribution in [3.05, 3.63) is 35.1 Å². The largest absolute Gasteiger partial charge is 0.477 e. The molecule has 0 spiro atoms. The predicted octanol–water partition coefficient (Wildman–Crippen LogP) is 2.11. The van der Waals surface area contributed by atoms with E-state index in [0.29, 0.717) is 42.9 Å². The van der Waals surface area contributed by atoms with Gasteiger partial charge >= 0.3 is 0 Å². The highest BCUT2D eigenvalue weighted by Crippen LogP contribution is 2.29. The average molecular weight is 316 g/mol. The van der Waals surface area contributed by atoms with E-state index in [2.05, 4.69) is 15.1 Å². The third-order valence-electron chi connectivity index (χ3n) is 3.99. The molecule has 1 aliphatic heterocycles. The van der Waals surface area contributed by atoms with Gasteiger partial charge in [-0.15, -0.1) is 0 Å². The molecule has 7 heteroatoms. The number of likely N-dealkylation sites (tertiary alicyclic amines) is 1. The lowest BCUT2D eigenvalue weighted by atomic mass is 10.1. The number of carbonyl (C=O) groups is 1. The highest BCUT2D eigenvalue weighted by molar-refractivity contribution is 5.98. The first-order valence-electron chi connectivity index (χ1n) is 7.78. The normalized spacial score (nSPS) is 17.5. The van der Waals surface area contributed by atoms with Crippen LogP contribution in [0.15, 0.2) is 16.8 Å². The zero-order valence-electron chi connectivity index (χ0n) is 13.6. The molecule has 0 N–H and O–H groups in total. The molecule has 2 aromatic heterocycles. The van der Waals surface area contributed by atoms with Gasteiger partial charge < -0.3 is 14.2 Å². The summed E-state index contributed by atoms with van der Waals surface area (Å²) in [6.45, 7) is 7.26. The fraction of sp³-hybridized carbons (Fsp3) is 0.500. The Morgan fingerprint density at radius 1 is 1.48 bits per heavy atom. The van der Waals surface area contributed by atoms with E-state index in [1.165, 1.54) is 0 Å². The molecule has 0 aromatic carbocycles. The Morgan fingerprint density at radius 2 is 2.30 bits per heavy atom. The molecular weight excluding hydrogens is 296 g/mol. The van der Waals surface area contributed by atoms with E-state index in [1.54, 1.807) is 18.0 Å². The summed E-state index contributed by atoms with van der Waals surface area (Å²) in [5.74, 6) is 1.65. The van der Waals surface area contributed by atoms with E-state index in [1.807, 2.05) is 19.9 Å². The van der Waals surface area contributed by atoms with Crippen LogP contribution in [0.5, 0.6) is 5.88 Å². The first kappa shape index (κ1) is 15.5. The summed E-state index contributed by atoms with van der Waals surface area (Å²) in [4.78, 5) is 23.1. The standard InChI is InChI=1S/C16H20N4O3/c1-4-22-15-13(10(2)5-7-17-15)16(21)20-8-6-12(9-20)14-18-11(3)19-23-14/h5,7,12H,4,6,8-9H2,1-3H3. The number of aryl methyl sites for hydroxylation is 2. The maximum atomic E-state index is 12.9. The van der Waals surface area contributed by atoms with Crippen LogP contribution in [0, 0.1) is 13.8 Å². The number of hydrogen-bond acceptors (Lipinski definition) is 6. The van der Waals surface area contributed by atoms with Crippen molar-refractivity contribution in [1.29, 1.82) is 0 Å². The molecule has 0 saturated carbocycles. The predicted molar refractivity (Wildman–Crippen MR) is 82.4 cm³/mol. The molecule has 7 nitrogen and oxygen atoms in total. The summed E-state index contributed by atoms with van der Waals surface area (Å²) in [7, 11) is 0. The Balaban J connectivity index is 1.79. The zero-order valence-corrected chi connectivity index (χ0v) is 13.6. The molecule has 0 aliphatic carbocycles. The van der Waals surface area contributed by atoms with Crippen LogP contribution in [-0.2, 0) is 0 Å².